The van der Waals surface area contributed by atoms with Crippen molar-refractivity contribution in [2.45, 2.75) is 0 Å². The molecule has 0 atom stereocenters. The molecule has 0 aliphatic carbocycles. The first-order valence-corrected chi connectivity index (χ1v) is 6.83. The lowest BCUT2D eigenvalue weighted by Gasteiger charge is -2.07. The van der Waals surface area contributed by atoms with E-state index in [1.807, 2.05) is 0 Å². The zero-order valence-electron chi connectivity index (χ0n) is 9.58. The molecular formula is C13H9BrCl2N2O. The van der Waals surface area contributed by atoms with Crippen LogP contribution in [0.25, 0.3) is 0 Å². The zero-order valence-corrected chi connectivity index (χ0v) is 12.7. The van der Waals surface area contributed by atoms with Gasteiger partial charge in [-0.3, -0.25) is 4.79 Å². The Morgan fingerprint density at radius 2 is 1.89 bits per heavy atom. The first-order valence-electron chi connectivity index (χ1n) is 5.28. The van der Waals surface area contributed by atoms with Crippen molar-refractivity contribution in [3.8, 4) is 0 Å². The molecule has 0 spiro atoms. The smallest absolute Gasteiger partial charge is 0.255 e. The second-order valence-corrected chi connectivity index (χ2v) is 5.61. The second-order valence-electron chi connectivity index (χ2n) is 3.85. The quantitative estimate of drug-likeness (QED) is 0.770. The molecule has 0 unspecified atom stereocenters. The molecule has 2 aromatic rings. The molecule has 98 valence electrons. The van der Waals surface area contributed by atoms with Gasteiger partial charge in [-0.15, -0.1) is 0 Å². The fourth-order valence-corrected chi connectivity index (χ4v) is 2.49. The summed E-state index contributed by atoms with van der Waals surface area (Å²) in [6.07, 6.45) is 0. The molecule has 6 heteroatoms. The highest BCUT2D eigenvalue weighted by Gasteiger charge is 2.09. The van der Waals surface area contributed by atoms with E-state index in [4.69, 9.17) is 28.9 Å². The highest BCUT2D eigenvalue weighted by Crippen LogP contribution is 2.24. The topological polar surface area (TPSA) is 55.1 Å². The Hall–Kier alpha value is -1.23. The van der Waals surface area contributed by atoms with E-state index in [9.17, 15) is 4.79 Å². The number of anilines is 2. The van der Waals surface area contributed by atoms with Crippen molar-refractivity contribution in [3.05, 3.63) is 56.5 Å². The molecule has 0 radical (unpaired) electrons. The van der Waals surface area contributed by atoms with E-state index in [-0.39, 0.29) is 5.91 Å². The molecule has 3 nitrogen and oxygen atoms in total. The fraction of sp³-hybridized carbons (Fsp3) is 0. The molecule has 2 rings (SSSR count). The van der Waals surface area contributed by atoms with Crippen molar-refractivity contribution in [2.24, 2.45) is 0 Å². The number of amides is 1. The molecule has 0 aromatic heterocycles. The number of nitrogen functional groups attached to an aromatic ring is 1. The van der Waals surface area contributed by atoms with Crippen LogP contribution in [0.4, 0.5) is 11.4 Å². The van der Waals surface area contributed by atoms with Crippen LogP contribution in [-0.4, -0.2) is 5.91 Å². The van der Waals surface area contributed by atoms with Crippen molar-refractivity contribution in [1.29, 1.82) is 0 Å². The number of carbonyl (C=O) groups excluding carboxylic acids is 1. The zero-order chi connectivity index (χ0) is 14.0. The van der Waals surface area contributed by atoms with Crippen LogP contribution in [0.5, 0.6) is 0 Å². The predicted octanol–water partition coefficient (Wildman–Crippen LogP) is 4.59. The molecule has 1 amide bonds. The lowest BCUT2D eigenvalue weighted by Crippen LogP contribution is -2.12. The normalized spacial score (nSPS) is 10.3. The van der Waals surface area contributed by atoms with Crippen molar-refractivity contribution >= 4 is 56.4 Å². The second kappa shape index (κ2) is 5.82. The monoisotopic (exact) mass is 358 g/mol. The van der Waals surface area contributed by atoms with E-state index in [1.165, 1.54) is 0 Å². The summed E-state index contributed by atoms with van der Waals surface area (Å²) >= 11 is 15.0. The summed E-state index contributed by atoms with van der Waals surface area (Å²) in [6, 6.07) is 9.87. The van der Waals surface area contributed by atoms with Crippen LogP contribution in [0.1, 0.15) is 10.4 Å². The third kappa shape index (κ3) is 3.62. The van der Waals surface area contributed by atoms with Gasteiger partial charge in [0, 0.05) is 20.7 Å². The lowest BCUT2D eigenvalue weighted by atomic mass is 10.2. The number of halogens is 3. The highest BCUT2D eigenvalue weighted by molar-refractivity contribution is 9.10. The molecule has 3 N–H and O–H groups in total. The molecule has 19 heavy (non-hydrogen) atoms. The fourth-order valence-electron chi connectivity index (χ4n) is 1.51. The van der Waals surface area contributed by atoms with E-state index < -0.39 is 0 Å². The standard InChI is InChI=1S/C13H9BrCl2N2O/c14-8-3-7(4-9(15)5-8)13(19)18-10-1-2-11(16)12(17)6-10/h1-6H,17H2,(H,18,19). The van der Waals surface area contributed by atoms with Gasteiger partial charge in [0.05, 0.1) is 10.7 Å². The summed E-state index contributed by atoms with van der Waals surface area (Å²) in [5.74, 6) is -0.273. The van der Waals surface area contributed by atoms with E-state index in [0.717, 1.165) is 4.47 Å². The highest BCUT2D eigenvalue weighted by atomic mass is 79.9. The molecular weight excluding hydrogens is 351 g/mol. The Balaban J connectivity index is 2.22. The minimum Gasteiger partial charge on any atom is -0.397 e. The first-order chi connectivity index (χ1) is 8.95. The van der Waals surface area contributed by atoms with Gasteiger partial charge in [-0.05, 0) is 36.4 Å². The number of benzene rings is 2. The molecule has 0 heterocycles. The Kier molecular flexibility index (Phi) is 4.34. The van der Waals surface area contributed by atoms with Crippen LogP contribution in [-0.2, 0) is 0 Å². The van der Waals surface area contributed by atoms with E-state index >= 15 is 0 Å². The Bertz CT molecular complexity index is 626. The van der Waals surface area contributed by atoms with Crippen molar-refractivity contribution in [2.75, 3.05) is 11.1 Å². The number of nitrogens with one attached hydrogen (secondary N) is 1. The van der Waals surface area contributed by atoms with Crippen LogP contribution in [0.3, 0.4) is 0 Å². The molecule has 0 saturated heterocycles. The Morgan fingerprint density at radius 3 is 2.53 bits per heavy atom. The van der Waals surface area contributed by atoms with Gasteiger partial charge < -0.3 is 11.1 Å². The SMILES string of the molecule is Nc1cc(NC(=O)c2cc(Cl)cc(Br)c2)ccc1Cl. The van der Waals surface area contributed by atoms with Crippen LogP contribution in [0.15, 0.2) is 40.9 Å². The Morgan fingerprint density at radius 1 is 1.16 bits per heavy atom. The van der Waals surface area contributed by atoms with Gasteiger partial charge in [0.2, 0.25) is 0 Å². The molecule has 0 fully saturated rings. The van der Waals surface area contributed by atoms with E-state index in [0.29, 0.717) is 27.0 Å². The third-order valence-corrected chi connectivity index (χ3v) is 3.40. The maximum atomic E-state index is 12.1. The van der Waals surface area contributed by atoms with E-state index in [1.54, 1.807) is 36.4 Å². The molecule has 0 aliphatic rings. The van der Waals surface area contributed by atoms with Gasteiger partial charge in [0.1, 0.15) is 0 Å². The third-order valence-electron chi connectivity index (χ3n) is 2.38. The van der Waals surface area contributed by atoms with E-state index in [2.05, 4.69) is 21.2 Å². The number of hydrogen-bond donors (Lipinski definition) is 2. The number of hydrogen-bond acceptors (Lipinski definition) is 2. The van der Waals surface area contributed by atoms with Gasteiger partial charge >= 0.3 is 0 Å². The van der Waals surface area contributed by atoms with Gasteiger partial charge in [0.25, 0.3) is 5.91 Å². The van der Waals surface area contributed by atoms with Crippen LogP contribution in [0.2, 0.25) is 10.0 Å². The number of nitrogens with two attached hydrogens (primary N) is 1. The average Bonchev–Trinajstić information content (AvgIpc) is 2.32. The van der Waals surface area contributed by atoms with Crippen LogP contribution >= 0.6 is 39.1 Å². The van der Waals surface area contributed by atoms with Crippen molar-refractivity contribution < 1.29 is 4.79 Å². The minimum atomic E-state index is -0.273. The summed E-state index contributed by atoms with van der Waals surface area (Å²) in [5, 5.41) is 3.65. The summed E-state index contributed by atoms with van der Waals surface area (Å²) in [6.45, 7) is 0. The average molecular weight is 360 g/mol. The van der Waals surface area contributed by atoms with Gasteiger partial charge in [-0.25, -0.2) is 0 Å². The minimum absolute atomic E-state index is 0.273. The molecule has 2 aromatic carbocycles. The largest absolute Gasteiger partial charge is 0.397 e. The van der Waals surface area contributed by atoms with Gasteiger partial charge in [-0.1, -0.05) is 39.1 Å². The van der Waals surface area contributed by atoms with Gasteiger partial charge in [-0.2, -0.15) is 0 Å². The number of rotatable bonds is 2. The first kappa shape index (κ1) is 14.2. The van der Waals surface area contributed by atoms with Crippen molar-refractivity contribution in [1.82, 2.24) is 0 Å². The van der Waals surface area contributed by atoms with Gasteiger partial charge in [0.15, 0.2) is 0 Å². The summed E-state index contributed by atoms with van der Waals surface area (Å²) < 4.78 is 0.737. The number of carbonyl (C=O) groups is 1. The maximum Gasteiger partial charge on any atom is 0.255 e. The molecule has 0 bridgehead atoms. The van der Waals surface area contributed by atoms with Crippen LogP contribution < -0.4 is 11.1 Å². The lowest BCUT2D eigenvalue weighted by molar-refractivity contribution is 0.102. The summed E-state index contributed by atoms with van der Waals surface area (Å²) in [4.78, 5) is 12.1. The maximum absolute atomic E-state index is 12.1. The molecule has 0 aliphatic heterocycles. The Labute approximate surface area is 128 Å². The summed E-state index contributed by atoms with van der Waals surface area (Å²) in [5.41, 5.74) is 7.10. The summed E-state index contributed by atoms with van der Waals surface area (Å²) in [7, 11) is 0. The molecule has 0 saturated carbocycles. The predicted molar refractivity (Wildman–Crippen MR) is 83.0 cm³/mol. The van der Waals surface area contributed by atoms with Crippen molar-refractivity contribution in [3.63, 3.8) is 0 Å². The van der Waals surface area contributed by atoms with Crippen LogP contribution in [0, 0.1) is 0 Å².